The van der Waals surface area contributed by atoms with E-state index >= 15 is 0 Å². The van der Waals surface area contributed by atoms with E-state index in [0.717, 1.165) is 42.0 Å². The lowest BCUT2D eigenvalue weighted by atomic mass is 9.79. The van der Waals surface area contributed by atoms with Crippen LogP contribution in [-0.4, -0.2) is 40.5 Å². The molecule has 1 aliphatic heterocycles. The largest absolute Gasteiger partial charge is 0.490 e. The van der Waals surface area contributed by atoms with Crippen LogP contribution in [0.4, 0.5) is 17.6 Å². The van der Waals surface area contributed by atoms with Gasteiger partial charge in [0.1, 0.15) is 5.82 Å². The number of H-pyrrole nitrogens is 1. The van der Waals surface area contributed by atoms with E-state index < -0.39 is 12.1 Å². The molecule has 1 saturated heterocycles. The molecule has 10 heteroatoms. The van der Waals surface area contributed by atoms with Crippen LogP contribution in [0.5, 0.6) is 0 Å². The first-order valence-electron chi connectivity index (χ1n) is 9.72. The third-order valence-electron chi connectivity index (χ3n) is 5.16. The van der Waals surface area contributed by atoms with Crippen LogP contribution in [0.3, 0.4) is 0 Å². The summed E-state index contributed by atoms with van der Waals surface area (Å²) in [5.41, 5.74) is 4.24. The second kappa shape index (κ2) is 10.1. The van der Waals surface area contributed by atoms with Crippen molar-refractivity contribution in [3.63, 3.8) is 0 Å². The number of carbonyl (C=O) groups is 1. The first kappa shape index (κ1) is 23.7. The maximum absolute atomic E-state index is 13.3. The van der Waals surface area contributed by atoms with Crippen LogP contribution in [0.1, 0.15) is 29.5 Å². The number of nitrogens with one attached hydrogen (secondary N) is 2. The fourth-order valence-corrected chi connectivity index (χ4v) is 3.71. The van der Waals surface area contributed by atoms with E-state index in [1.807, 2.05) is 36.4 Å². The summed E-state index contributed by atoms with van der Waals surface area (Å²) in [6.07, 6.45) is -4.07. The number of rotatable bonds is 3. The number of halogens is 5. The number of carboxylic acid groups (broad SMARTS) is 1. The molecule has 2 heterocycles. The molecule has 0 amide bonds. The molecule has 0 saturated carbocycles. The van der Waals surface area contributed by atoms with E-state index in [-0.39, 0.29) is 5.82 Å². The number of alkyl halides is 3. The quantitative estimate of drug-likeness (QED) is 0.451. The van der Waals surface area contributed by atoms with Crippen LogP contribution in [0.25, 0.3) is 11.3 Å². The number of aromatic amines is 1. The van der Waals surface area contributed by atoms with Crippen molar-refractivity contribution in [2.24, 2.45) is 0 Å². The van der Waals surface area contributed by atoms with Crippen molar-refractivity contribution >= 4 is 17.6 Å². The molecule has 0 bridgehead atoms. The Labute approximate surface area is 186 Å². The SMILES string of the molecule is Fc1ccc([C@@H]2CNCC[C@H]2c2cc(-c3ccc(Cl)cc3)n[nH]2)cc1.O=C(O)C(F)(F)F. The van der Waals surface area contributed by atoms with Crippen LogP contribution < -0.4 is 5.32 Å². The lowest BCUT2D eigenvalue weighted by Crippen LogP contribution is -2.34. The third kappa shape index (κ3) is 6.08. The molecule has 3 N–H and O–H groups in total. The number of aliphatic carboxylic acids is 1. The van der Waals surface area contributed by atoms with Gasteiger partial charge in [0.2, 0.25) is 0 Å². The topological polar surface area (TPSA) is 78.0 Å². The van der Waals surface area contributed by atoms with E-state index in [9.17, 15) is 17.6 Å². The Morgan fingerprint density at radius 1 is 1.06 bits per heavy atom. The number of hydrogen-bond acceptors (Lipinski definition) is 3. The van der Waals surface area contributed by atoms with Crippen LogP contribution >= 0.6 is 11.6 Å². The molecule has 1 fully saturated rings. The highest BCUT2D eigenvalue weighted by Gasteiger charge is 2.38. The molecule has 5 nitrogen and oxygen atoms in total. The lowest BCUT2D eigenvalue weighted by molar-refractivity contribution is -0.192. The van der Waals surface area contributed by atoms with E-state index in [1.54, 1.807) is 0 Å². The standard InChI is InChI=1S/C20H19ClFN3.C2HF3O2/c21-15-5-1-14(2-6-15)19-11-20(25-24-19)17-9-10-23-12-18(17)13-3-7-16(22)8-4-13;3-2(4,5)1(6)7/h1-8,11,17-18,23H,9-10,12H2,(H,24,25);(H,6,7)/t17-,18+;/m1./s1. The molecule has 0 unspecified atom stereocenters. The summed E-state index contributed by atoms with van der Waals surface area (Å²) in [5.74, 6) is -2.32. The number of aromatic nitrogens is 2. The summed E-state index contributed by atoms with van der Waals surface area (Å²) in [4.78, 5) is 8.90. The summed E-state index contributed by atoms with van der Waals surface area (Å²) in [6.45, 7) is 1.85. The van der Waals surface area contributed by atoms with Gasteiger partial charge < -0.3 is 10.4 Å². The summed E-state index contributed by atoms with van der Waals surface area (Å²) in [7, 11) is 0. The van der Waals surface area contributed by atoms with Crippen LogP contribution in [0.2, 0.25) is 5.02 Å². The fourth-order valence-electron chi connectivity index (χ4n) is 3.59. The first-order chi connectivity index (χ1) is 15.1. The summed E-state index contributed by atoms with van der Waals surface area (Å²) < 4.78 is 45.0. The van der Waals surface area contributed by atoms with E-state index in [0.29, 0.717) is 16.9 Å². The van der Waals surface area contributed by atoms with Crippen molar-refractivity contribution in [3.8, 4) is 11.3 Å². The van der Waals surface area contributed by atoms with Gasteiger partial charge in [-0.2, -0.15) is 18.3 Å². The summed E-state index contributed by atoms with van der Waals surface area (Å²) in [5, 5.41) is 19.0. The van der Waals surface area contributed by atoms with Gasteiger partial charge in [0.15, 0.2) is 0 Å². The zero-order valence-electron chi connectivity index (χ0n) is 16.7. The van der Waals surface area contributed by atoms with Gasteiger partial charge in [-0.3, -0.25) is 5.10 Å². The van der Waals surface area contributed by atoms with Crippen molar-refractivity contribution in [2.45, 2.75) is 24.4 Å². The average molecular weight is 470 g/mol. The highest BCUT2D eigenvalue weighted by Crippen LogP contribution is 2.37. The van der Waals surface area contributed by atoms with Gasteiger partial charge in [-0.1, -0.05) is 35.9 Å². The lowest BCUT2D eigenvalue weighted by Gasteiger charge is -2.31. The molecule has 2 aromatic carbocycles. The number of piperidine rings is 1. The van der Waals surface area contributed by atoms with Crippen molar-refractivity contribution in [3.05, 3.63) is 76.7 Å². The van der Waals surface area contributed by atoms with Crippen molar-refractivity contribution in [1.82, 2.24) is 15.5 Å². The van der Waals surface area contributed by atoms with Crippen molar-refractivity contribution in [1.29, 1.82) is 0 Å². The predicted octanol–water partition coefficient (Wildman–Crippen LogP) is 5.36. The fraction of sp³-hybridized carbons (Fsp3) is 0.273. The van der Waals surface area contributed by atoms with Gasteiger partial charge in [-0.05, 0) is 48.9 Å². The van der Waals surface area contributed by atoms with E-state index in [1.165, 1.54) is 12.1 Å². The molecule has 170 valence electrons. The molecular formula is C22H20ClF4N3O2. The maximum Gasteiger partial charge on any atom is 0.490 e. The van der Waals surface area contributed by atoms with Gasteiger partial charge in [0, 0.05) is 34.7 Å². The van der Waals surface area contributed by atoms with E-state index in [4.69, 9.17) is 21.5 Å². The van der Waals surface area contributed by atoms with E-state index in [2.05, 4.69) is 21.6 Å². The molecule has 0 aliphatic carbocycles. The van der Waals surface area contributed by atoms with Gasteiger partial charge in [0.25, 0.3) is 0 Å². The Bertz CT molecular complexity index is 1040. The average Bonchev–Trinajstić information content (AvgIpc) is 3.25. The smallest absolute Gasteiger partial charge is 0.475 e. The Kier molecular flexibility index (Phi) is 7.52. The molecule has 1 aromatic heterocycles. The van der Waals surface area contributed by atoms with Crippen LogP contribution in [0, 0.1) is 5.82 Å². The normalized spacial score (nSPS) is 18.5. The van der Waals surface area contributed by atoms with Crippen molar-refractivity contribution < 1.29 is 27.5 Å². The van der Waals surface area contributed by atoms with Crippen LogP contribution in [-0.2, 0) is 4.79 Å². The molecule has 0 radical (unpaired) electrons. The highest BCUT2D eigenvalue weighted by atomic mass is 35.5. The minimum Gasteiger partial charge on any atom is -0.475 e. The molecule has 32 heavy (non-hydrogen) atoms. The predicted molar refractivity (Wildman–Crippen MR) is 112 cm³/mol. The third-order valence-corrected chi connectivity index (χ3v) is 5.41. The van der Waals surface area contributed by atoms with Gasteiger partial charge >= 0.3 is 12.1 Å². The molecule has 1 aliphatic rings. The number of nitrogens with zero attached hydrogens (tertiary/aromatic N) is 1. The second-order valence-electron chi connectivity index (χ2n) is 7.28. The van der Waals surface area contributed by atoms with Crippen LogP contribution in [0.15, 0.2) is 54.6 Å². The Morgan fingerprint density at radius 3 is 2.28 bits per heavy atom. The first-order valence-corrected chi connectivity index (χ1v) is 10.1. The number of hydrogen-bond donors (Lipinski definition) is 3. The highest BCUT2D eigenvalue weighted by molar-refractivity contribution is 6.30. The van der Waals surface area contributed by atoms with Gasteiger partial charge in [0.05, 0.1) is 5.69 Å². The zero-order valence-corrected chi connectivity index (χ0v) is 17.4. The summed E-state index contributed by atoms with van der Waals surface area (Å²) >= 11 is 5.96. The summed E-state index contributed by atoms with van der Waals surface area (Å²) in [6, 6.07) is 16.7. The second-order valence-corrected chi connectivity index (χ2v) is 7.71. The Hall–Kier alpha value is -2.91. The van der Waals surface area contributed by atoms with Gasteiger partial charge in [-0.25, -0.2) is 9.18 Å². The molecule has 2 atom stereocenters. The molecule has 0 spiro atoms. The minimum absolute atomic E-state index is 0.198. The molecule has 3 aromatic rings. The monoisotopic (exact) mass is 469 g/mol. The number of carboxylic acids is 1. The Morgan fingerprint density at radius 2 is 1.69 bits per heavy atom. The van der Waals surface area contributed by atoms with Gasteiger partial charge in [-0.15, -0.1) is 0 Å². The molecular weight excluding hydrogens is 450 g/mol. The Balaban J connectivity index is 0.000000360. The zero-order chi connectivity index (χ0) is 23.3. The van der Waals surface area contributed by atoms with Crippen molar-refractivity contribution in [2.75, 3.05) is 13.1 Å². The number of benzene rings is 2. The minimum atomic E-state index is -5.08. The maximum atomic E-state index is 13.3. The molecule has 4 rings (SSSR count).